The Labute approximate surface area is 129 Å². The van der Waals surface area contributed by atoms with Crippen LogP contribution in [0.25, 0.3) is 10.8 Å². The zero-order chi connectivity index (χ0) is 15.4. The first kappa shape index (κ1) is 14.5. The largest absolute Gasteiger partial charge is 0.318 e. The molecule has 0 aliphatic heterocycles. The summed E-state index contributed by atoms with van der Waals surface area (Å²) in [5, 5.41) is 9.14. The second-order valence-corrected chi connectivity index (χ2v) is 5.38. The van der Waals surface area contributed by atoms with Crippen LogP contribution in [0.15, 0.2) is 65.6 Å². The van der Waals surface area contributed by atoms with Gasteiger partial charge in [0.25, 0.3) is 5.56 Å². The van der Waals surface area contributed by atoms with Crippen LogP contribution in [0.5, 0.6) is 0 Å². The summed E-state index contributed by atoms with van der Waals surface area (Å²) in [6.45, 7) is 0.695. The van der Waals surface area contributed by atoms with Crippen LogP contribution in [-0.2, 0) is 6.42 Å². The van der Waals surface area contributed by atoms with Crippen molar-refractivity contribution in [3.05, 3.63) is 76.7 Å². The second-order valence-electron chi connectivity index (χ2n) is 5.38. The molecule has 4 nitrogen and oxygen atoms in total. The van der Waals surface area contributed by atoms with Crippen molar-refractivity contribution in [2.24, 2.45) is 0 Å². The highest BCUT2D eigenvalue weighted by atomic mass is 16.1. The van der Waals surface area contributed by atoms with E-state index in [0.29, 0.717) is 11.9 Å². The normalized spacial score (nSPS) is 12.4. The Morgan fingerprint density at radius 2 is 1.82 bits per heavy atom. The first-order valence-corrected chi connectivity index (χ1v) is 7.44. The van der Waals surface area contributed by atoms with Crippen LogP contribution in [0.3, 0.4) is 0 Å². The number of benzene rings is 2. The summed E-state index contributed by atoms with van der Waals surface area (Å²) in [4.78, 5) is 12.7. The topological polar surface area (TPSA) is 46.9 Å². The van der Waals surface area contributed by atoms with Crippen LogP contribution >= 0.6 is 0 Å². The van der Waals surface area contributed by atoms with Gasteiger partial charge in [0.05, 0.1) is 17.6 Å². The van der Waals surface area contributed by atoms with E-state index in [1.807, 2.05) is 49.5 Å². The number of hydrogen-bond donors (Lipinski definition) is 1. The first-order valence-electron chi connectivity index (χ1n) is 7.44. The van der Waals surface area contributed by atoms with Gasteiger partial charge in [0.1, 0.15) is 0 Å². The molecule has 0 aliphatic carbocycles. The fourth-order valence-corrected chi connectivity index (χ4v) is 2.73. The zero-order valence-corrected chi connectivity index (χ0v) is 12.6. The molecule has 0 saturated heterocycles. The summed E-state index contributed by atoms with van der Waals surface area (Å²) < 4.78 is 1.60. The lowest BCUT2D eigenvalue weighted by molar-refractivity contribution is 0.418. The fraction of sp³-hybridized carbons (Fsp3) is 0.222. The van der Waals surface area contributed by atoms with Crippen molar-refractivity contribution in [2.75, 3.05) is 13.6 Å². The highest BCUT2D eigenvalue weighted by Crippen LogP contribution is 2.13. The first-order chi connectivity index (χ1) is 10.8. The fourth-order valence-electron chi connectivity index (χ4n) is 2.73. The van der Waals surface area contributed by atoms with Crippen LogP contribution < -0.4 is 10.9 Å². The predicted octanol–water partition coefficient (Wildman–Crippen LogP) is 2.40. The van der Waals surface area contributed by atoms with Crippen molar-refractivity contribution in [3.63, 3.8) is 0 Å². The van der Waals surface area contributed by atoms with Gasteiger partial charge in [-0.05, 0) is 25.1 Å². The smallest absolute Gasteiger partial charge is 0.274 e. The number of rotatable bonds is 5. The van der Waals surface area contributed by atoms with Gasteiger partial charge in [-0.1, -0.05) is 48.5 Å². The van der Waals surface area contributed by atoms with Crippen LogP contribution in [0, 0.1) is 0 Å². The minimum atomic E-state index is -0.0331. The van der Waals surface area contributed by atoms with Crippen LogP contribution in [0.1, 0.15) is 11.6 Å². The van der Waals surface area contributed by atoms with Gasteiger partial charge < -0.3 is 5.32 Å². The molecule has 1 aromatic heterocycles. The van der Waals surface area contributed by atoms with Crippen molar-refractivity contribution in [3.8, 4) is 0 Å². The second kappa shape index (κ2) is 6.54. The lowest BCUT2D eigenvalue weighted by Gasteiger charge is -2.19. The van der Waals surface area contributed by atoms with Crippen LogP contribution in [0.2, 0.25) is 0 Å². The summed E-state index contributed by atoms with van der Waals surface area (Å²) in [6, 6.07) is 17.8. The molecule has 1 heterocycles. The maximum absolute atomic E-state index is 12.7. The summed E-state index contributed by atoms with van der Waals surface area (Å²) in [6.07, 6.45) is 2.54. The molecule has 1 atom stereocenters. The van der Waals surface area contributed by atoms with Gasteiger partial charge in [-0.3, -0.25) is 4.79 Å². The average molecular weight is 293 g/mol. The van der Waals surface area contributed by atoms with E-state index in [4.69, 9.17) is 0 Å². The minimum Gasteiger partial charge on any atom is -0.318 e. The zero-order valence-electron chi connectivity index (χ0n) is 12.6. The van der Waals surface area contributed by atoms with Gasteiger partial charge in [-0.25, -0.2) is 4.68 Å². The van der Waals surface area contributed by atoms with Gasteiger partial charge in [0.15, 0.2) is 0 Å². The van der Waals surface area contributed by atoms with Crippen molar-refractivity contribution < 1.29 is 0 Å². The third-order valence-corrected chi connectivity index (χ3v) is 3.82. The minimum absolute atomic E-state index is 0.00972. The molecule has 1 N–H and O–H groups in total. The molecule has 3 aromatic rings. The molecule has 0 aliphatic rings. The molecule has 2 aromatic carbocycles. The Balaban J connectivity index is 2.01. The third kappa shape index (κ3) is 2.92. The number of likely N-dealkylation sites (N-methyl/N-ethyl adjacent to an activating group) is 1. The summed E-state index contributed by atoms with van der Waals surface area (Å²) in [5.41, 5.74) is 1.17. The molecule has 0 spiro atoms. The van der Waals surface area contributed by atoms with Crippen molar-refractivity contribution in [2.45, 2.75) is 12.5 Å². The molecule has 22 heavy (non-hydrogen) atoms. The Morgan fingerprint density at radius 1 is 1.09 bits per heavy atom. The van der Waals surface area contributed by atoms with Crippen molar-refractivity contribution >= 4 is 10.8 Å². The van der Waals surface area contributed by atoms with E-state index in [9.17, 15) is 4.79 Å². The van der Waals surface area contributed by atoms with E-state index >= 15 is 0 Å². The Morgan fingerprint density at radius 3 is 2.59 bits per heavy atom. The molecule has 3 rings (SSSR count). The summed E-state index contributed by atoms with van der Waals surface area (Å²) in [5.74, 6) is 0. The van der Waals surface area contributed by atoms with E-state index in [-0.39, 0.29) is 11.6 Å². The Bertz CT molecular complexity index is 811. The van der Waals surface area contributed by atoms with Gasteiger partial charge in [0.2, 0.25) is 0 Å². The van der Waals surface area contributed by atoms with E-state index < -0.39 is 0 Å². The molecule has 0 fully saturated rings. The Kier molecular flexibility index (Phi) is 4.30. The lowest BCUT2D eigenvalue weighted by Crippen LogP contribution is -2.34. The van der Waals surface area contributed by atoms with E-state index in [0.717, 1.165) is 11.8 Å². The maximum atomic E-state index is 12.7. The predicted molar refractivity (Wildman–Crippen MR) is 89.1 cm³/mol. The molecular weight excluding hydrogens is 274 g/mol. The number of fused-ring (bicyclic) bond motifs is 1. The highest BCUT2D eigenvalue weighted by molar-refractivity contribution is 5.80. The molecule has 1 unspecified atom stereocenters. The quantitative estimate of drug-likeness (QED) is 0.786. The van der Waals surface area contributed by atoms with Gasteiger partial charge in [-0.2, -0.15) is 5.10 Å². The van der Waals surface area contributed by atoms with Gasteiger partial charge in [-0.15, -0.1) is 0 Å². The number of nitrogens with one attached hydrogen (secondary N) is 1. The lowest BCUT2D eigenvalue weighted by atomic mass is 10.1. The molecule has 0 saturated carbocycles. The molecule has 0 radical (unpaired) electrons. The molecule has 112 valence electrons. The number of aromatic nitrogens is 2. The van der Waals surface area contributed by atoms with Crippen molar-refractivity contribution in [1.29, 1.82) is 0 Å². The molecule has 4 heteroatoms. The molecular formula is C18H19N3O. The monoisotopic (exact) mass is 293 g/mol. The standard InChI is InChI=1S/C18H19N3O/c1-19-13-16(11-14-7-3-2-4-8-14)21-18(22)17-10-6-5-9-15(17)12-20-21/h2-10,12,16,19H,11,13H2,1H3. The van der Waals surface area contributed by atoms with E-state index in [2.05, 4.69) is 22.5 Å². The van der Waals surface area contributed by atoms with E-state index in [1.165, 1.54) is 5.56 Å². The number of hydrogen-bond acceptors (Lipinski definition) is 3. The average Bonchev–Trinajstić information content (AvgIpc) is 2.56. The molecule has 0 bridgehead atoms. The third-order valence-electron chi connectivity index (χ3n) is 3.82. The van der Waals surface area contributed by atoms with Crippen LogP contribution in [-0.4, -0.2) is 23.4 Å². The van der Waals surface area contributed by atoms with Gasteiger partial charge in [0, 0.05) is 11.9 Å². The SMILES string of the molecule is CNCC(Cc1ccccc1)n1ncc2ccccc2c1=O. The van der Waals surface area contributed by atoms with Crippen molar-refractivity contribution in [1.82, 2.24) is 15.1 Å². The highest BCUT2D eigenvalue weighted by Gasteiger charge is 2.15. The van der Waals surface area contributed by atoms with Crippen LogP contribution in [0.4, 0.5) is 0 Å². The maximum Gasteiger partial charge on any atom is 0.274 e. The Hall–Kier alpha value is -2.46. The number of nitrogens with zero attached hydrogens (tertiary/aromatic N) is 2. The summed E-state index contributed by atoms with van der Waals surface area (Å²) >= 11 is 0. The van der Waals surface area contributed by atoms with E-state index in [1.54, 1.807) is 10.9 Å². The van der Waals surface area contributed by atoms with Gasteiger partial charge >= 0.3 is 0 Å². The molecule has 0 amide bonds. The summed E-state index contributed by atoms with van der Waals surface area (Å²) in [7, 11) is 1.89.